The lowest BCUT2D eigenvalue weighted by Crippen LogP contribution is -2.38. The zero-order valence-electron chi connectivity index (χ0n) is 12.6. The summed E-state index contributed by atoms with van der Waals surface area (Å²) in [6, 6.07) is 0. The van der Waals surface area contributed by atoms with Gasteiger partial charge in [0.15, 0.2) is 5.96 Å². The van der Waals surface area contributed by atoms with Crippen molar-refractivity contribution in [3.8, 4) is 0 Å². The van der Waals surface area contributed by atoms with Gasteiger partial charge in [-0.3, -0.25) is 9.79 Å². The lowest BCUT2D eigenvalue weighted by atomic mass is 10.1. The van der Waals surface area contributed by atoms with Crippen molar-refractivity contribution >= 4 is 11.9 Å². The Bertz CT molecular complexity index is 255. The molecule has 0 aromatic carbocycles. The largest absolute Gasteiger partial charge is 0.469 e. The number of unbranched alkanes of at least 4 members (excludes halogenated alkanes) is 4. The molecule has 0 atom stereocenters. The molecule has 0 aliphatic rings. The normalized spacial score (nSPS) is 11.2. The lowest BCUT2D eigenvalue weighted by Gasteiger charge is -2.11. The molecule has 0 aliphatic heterocycles. The molecule has 0 heterocycles. The van der Waals surface area contributed by atoms with Crippen LogP contribution in [-0.2, 0) is 9.53 Å². The molecule has 0 fully saturated rings. The number of methoxy groups -OCH3 is 1. The number of ether oxygens (including phenoxy) is 1. The number of hydrogen-bond donors (Lipinski definition) is 2. The van der Waals surface area contributed by atoms with E-state index in [9.17, 15) is 4.79 Å². The third kappa shape index (κ3) is 11.6. The summed E-state index contributed by atoms with van der Waals surface area (Å²) in [5, 5.41) is 6.56. The van der Waals surface area contributed by atoms with Crippen LogP contribution in [0, 0.1) is 0 Å². The lowest BCUT2D eigenvalue weighted by molar-refractivity contribution is -0.140. The number of guanidine groups is 1. The third-order valence-corrected chi connectivity index (χ3v) is 2.87. The molecule has 0 aromatic heterocycles. The van der Waals surface area contributed by atoms with E-state index in [1.165, 1.54) is 13.5 Å². The minimum absolute atomic E-state index is 0.112. The molecular weight excluding hydrogens is 242 g/mol. The predicted molar refractivity (Wildman–Crippen MR) is 79.4 cm³/mol. The second kappa shape index (κ2) is 13.2. The van der Waals surface area contributed by atoms with Crippen molar-refractivity contribution in [1.82, 2.24) is 10.6 Å². The highest BCUT2D eigenvalue weighted by Crippen LogP contribution is 2.03. The number of aliphatic imine (C=N–C) groups is 1. The molecule has 0 rings (SSSR count). The maximum atomic E-state index is 10.9. The second-order valence-electron chi connectivity index (χ2n) is 4.52. The average molecular weight is 271 g/mol. The molecule has 0 saturated heterocycles. The third-order valence-electron chi connectivity index (χ3n) is 2.87. The van der Waals surface area contributed by atoms with Gasteiger partial charge in [0.05, 0.1) is 7.11 Å². The highest BCUT2D eigenvalue weighted by Gasteiger charge is 1.99. The summed E-state index contributed by atoms with van der Waals surface area (Å²) < 4.78 is 4.60. The molecule has 2 N–H and O–H groups in total. The molecular formula is C14H29N3O2. The number of hydrogen-bond acceptors (Lipinski definition) is 3. The highest BCUT2D eigenvalue weighted by atomic mass is 16.5. The Morgan fingerprint density at radius 3 is 2.26 bits per heavy atom. The quantitative estimate of drug-likeness (QED) is 0.276. The van der Waals surface area contributed by atoms with E-state index in [1.54, 1.807) is 7.05 Å². The number of nitrogens with one attached hydrogen (secondary N) is 2. The maximum Gasteiger partial charge on any atom is 0.305 e. The Balaban J connectivity index is 3.39. The fourth-order valence-electron chi connectivity index (χ4n) is 1.66. The summed E-state index contributed by atoms with van der Waals surface area (Å²) in [4.78, 5) is 15.1. The van der Waals surface area contributed by atoms with E-state index in [0.717, 1.165) is 51.2 Å². The standard InChI is InChI=1S/C14H29N3O2/c1-4-5-11-16-14(15-2)17-12-9-7-6-8-10-13(18)19-3/h4-12H2,1-3H3,(H2,15,16,17). The first-order valence-corrected chi connectivity index (χ1v) is 7.26. The summed E-state index contributed by atoms with van der Waals surface area (Å²) in [6.07, 6.45) is 7.07. The van der Waals surface area contributed by atoms with Crippen LogP contribution in [-0.4, -0.2) is 39.2 Å². The van der Waals surface area contributed by atoms with Crippen LogP contribution in [0.5, 0.6) is 0 Å². The fourth-order valence-corrected chi connectivity index (χ4v) is 1.66. The van der Waals surface area contributed by atoms with E-state index in [1.807, 2.05) is 0 Å². The fraction of sp³-hybridized carbons (Fsp3) is 0.857. The number of carbonyl (C=O) groups is 1. The first-order valence-electron chi connectivity index (χ1n) is 7.26. The molecule has 5 heteroatoms. The molecule has 0 spiro atoms. The second-order valence-corrected chi connectivity index (χ2v) is 4.52. The van der Waals surface area contributed by atoms with Gasteiger partial charge < -0.3 is 15.4 Å². The monoisotopic (exact) mass is 271 g/mol. The first-order chi connectivity index (χ1) is 9.24. The summed E-state index contributed by atoms with van der Waals surface area (Å²) in [5.41, 5.74) is 0. The maximum absolute atomic E-state index is 10.9. The van der Waals surface area contributed by atoms with Gasteiger partial charge in [0.1, 0.15) is 0 Å². The molecule has 0 aliphatic carbocycles. The Kier molecular flexibility index (Phi) is 12.3. The van der Waals surface area contributed by atoms with Gasteiger partial charge in [0.25, 0.3) is 0 Å². The smallest absolute Gasteiger partial charge is 0.305 e. The molecule has 5 nitrogen and oxygen atoms in total. The summed E-state index contributed by atoms with van der Waals surface area (Å²) in [7, 11) is 3.22. The summed E-state index contributed by atoms with van der Waals surface area (Å²) in [6.45, 7) is 4.06. The SMILES string of the molecule is CCCCNC(=NC)NCCCCCCC(=O)OC. The van der Waals surface area contributed by atoms with E-state index in [4.69, 9.17) is 0 Å². The van der Waals surface area contributed by atoms with Gasteiger partial charge in [-0.1, -0.05) is 26.2 Å². The van der Waals surface area contributed by atoms with Crippen LogP contribution in [0.1, 0.15) is 51.9 Å². The zero-order valence-corrected chi connectivity index (χ0v) is 12.6. The van der Waals surface area contributed by atoms with Gasteiger partial charge in [0, 0.05) is 26.6 Å². The number of esters is 1. The van der Waals surface area contributed by atoms with Crippen molar-refractivity contribution in [3.63, 3.8) is 0 Å². The van der Waals surface area contributed by atoms with Crippen molar-refractivity contribution < 1.29 is 9.53 Å². The topological polar surface area (TPSA) is 62.7 Å². The van der Waals surface area contributed by atoms with E-state index in [2.05, 4.69) is 27.3 Å². The number of nitrogens with zero attached hydrogens (tertiary/aromatic N) is 1. The van der Waals surface area contributed by atoms with Crippen LogP contribution < -0.4 is 10.6 Å². The Hall–Kier alpha value is -1.26. The van der Waals surface area contributed by atoms with Gasteiger partial charge in [-0.2, -0.15) is 0 Å². The average Bonchev–Trinajstić information content (AvgIpc) is 2.44. The minimum Gasteiger partial charge on any atom is -0.469 e. The van der Waals surface area contributed by atoms with E-state index >= 15 is 0 Å². The van der Waals surface area contributed by atoms with Gasteiger partial charge in [0.2, 0.25) is 0 Å². The summed E-state index contributed by atoms with van der Waals surface area (Å²) >= 11 is 0. The molecule has 0 bridgehead atoms. The predicted octanol–water partition coefficient (Wildman–Crippen LogP) is 2.07. The van der Waals surface area contributed by atoms with E-state index in [0.29, 0.717) is 6.42 Å². The summed E-state index contributed by atoms with van der Waals surface area (Å²) in [5.74, 6) is 0.765. The molecule has 0 unspecified atom stereocenters. The molecule has 0 amide bonds. The Morgan fingerprint density at radius 1 is 1.05 bits per heavy atom. The van der Waals surface area contributed by atoms with Gasteiger partial charge >= 0.3 is 5.97 Å². The van der Waals surface area contributed by atoms with Crippen LogP contribution >= 0.6 is 0 Å². The number of rotatable bonds is 10. The molecule has 0 saturated carbocycles. The van der Waals surface area contributed by atoms with Crippen LogP contribution in [0.2, 0.25) is 0 Å². The van der Waals surface area contributed by atoms with Gasteiger partial charge in [-0.15, -0.1) is 0 Å². The molecule has 112 valence electrons. The van der Waals surface area contributed by atoms with Crippen molar-refractivity contribution in [3.05, 3.63) is 0 Å². The molecule has 19 heavy (non-hydrogen) atoms. The molecule has 0 radical (unpaired) electrons. The van der Waals surface area contributed by atoms with Crippen LogP contribution in [0.25, 0.3) is 0 Å². The zero-order chi connectivity index (χ0) is 14.3. The minimum atomic E-state index is -0.112. The molecule has 0 aromatic rings. The van der Waals surface area contributed by atoms with Crippen molar-refractivity contribution in [1.29, 1.82) is 0 Å². The number of carbonyl (C=O) groups excluding carboxylic acids is 1. The van der Waals surface area contributed by atoms with Crippen LogP contribution in [0.15, 0.2) is 4.99 Å². The van der Waals surface area contributed by atoms with E-state index < -0.39 is 0 Å². The van der Waals surface area contributed by atoms with Crippen LogP contribution in [0.3, 0.4) is 0 Å². The highest BCUT2D eigenvalue weighted by molar-refractivity contribution is 5.79. The van der Waals surface area contributed by atoms with Crippen LogP contribution in [0.4, 0.5) is 0 Å². The first kappa shape index (κ1) is 17.7. The van der Waals surface area contributed by atoms with E-state index in [-0.39, 0.29) is 5.97 Å². The van der Waals surface area contributed by atoms with Crippen molar-refractivity contribution in [2.24, 2.45) is 4.99 Å². The van der Waals surface area contributed by atoms with Gasteiger partial charge in [-0.25, -0.2) is 0 Å². The Morgan fingerprint density at radius 2 is 1.68 bits per heavy atom. The van der Waals surface area contributed by atoms with Crippen molar-refractivity contribution in [2.75, 3.05) is 27.2 Å². The van der Waals surface area contributed by atoms with Crippen molar-refractivity contribution in [2.45, 2.75) is 51.9 Å². The van der Waals surface area contributed by atoms with Gasteiger partial charge in [-0.05, 0) is 19.3 Å². The Labute approximate surface area is 117 Å².